The predicted octanol–water partition coefficient (Wildman–Crippen LogP) is 6.24. The van der Waals surface area contributed by atoms with Gasteiger partial charge in [-0.1, -0.05) is 36.4 Å². The van der Waals surface area contributed by atoms with Gasteiger partial charge in [0.05, 0.1) is 0 Å². The van der Waals surface area contributed by atoms with Crippen molar-refractivity contribution >= 4 is 23.0 Å². The van der Waals surface area contributed by atoms with E-state index in [1.807, 2.05) is 73.1 Å². The number of fused-ring (bicyclic) bond motifs is 1. The van der Waals surface area contributed by atoms with Crippen molar-refractivity contribution in [3.8, 4) is 22.5 Å². The van der Waals surface area contributed by atoms with E-state index in [0.717, 1.165) is 45.5 Å². The van der Waals surface area contributed by atoms with E-state index in [1.165, 1.54) is 0 Å². The number of rotatable bonds is 4. The third-order valence-electron chi connectivity index (χ3n) is 6.00. The molecule has 34 heavy (non-hydrogen) atoms. The predicted molar refractivity (Wildman–Crippen MR) is 135 cm³/mol. The second-order valence-electron chi connectivity index (χ2n) is 8.09. The molecule has 3 aromatic heterocycles. The van der Waals surface area contributed by atoms with Crippen molar-refractivity contribution in [2.75, 3.05) is 9.80 Å². The van der Waals surface area contributed by atoms with Gasteiger partial charge in [0.15, 0.2) is 11.6 Å². The van der Waals surface area contributed by atoms with Gasteiger partial charge < -0.3 is 9.80 Å². The summed E-state index contributed by atoms with van der Waals surface area (Å²) >= 11 is 0. The molecule has 1 aliphatic heterocycles. The van der Waals surface area contributed by atoms with Crippen molar-refractivity contribution in [1.29, 1.82) is 0 Å². The molecule has 6 heteroatoms. The van der Waals surface area contributed by atoms with Crippen LogP contribution in [0.4, 0.5) is 23.0 Å². The minimum Gasteiger partial charge on any atom is -0.302 e. The summed E-state index contributed by atoms with van der Waals surface area (Å²) in [6, 6.07) is 28.5. The fourth-order valence-electron chi connectivity index (χ4n) is 4.47. The first kappa shape index (κ1) is 20.1. The molecule has 0 fully saturated rings. The van der Waals surface area contributed by atoms with Crippen LogP contribution in [0.15, 0.2) is 110 Å². The lowest BCUT2D eigenvalue weighted by Crippen LogP contribution is -2.35. The number of hydrogen-bond donors (Lipinski definition) is 0. The molecule has 0 spiro atoms. The zero-order valence-electron chi connectivity index (χ0n) is 18.7. The highest BCUT2D eigenvalue weighted by Gasteiger charge is 2.38. The molecular formula is C28H22N6. The van der Waals surface area contributed by atoms with Crippen LogP contribution < -0.4 is 9.80 Å². The first-order valence-corrected chi connectivity index (χ1v) is 11.2. The minimum absolute atomic E-state index is 0.0225. The molecular weight excluding hydrogens is 420 g/mol. The Morgan fingerprint density at radius 2 is 1.00 bits per heavy atom. The van der Waals surface area contributed by atoms with Gasteiger partial charge in [-0.2, -0.15) is 0 Å². The van der Waals surface area contributed by atoms with E-state index in [4.69, 9.17) is 9.97 Å². The third-order valence-corrected chi connectivity index (χ3v) is 6.00. The largest absolute Gasteiger partial charge is 0.302 e. The monoisotopic (exact) mass is 442 g/mol. The van der Waals surface area contributed by atoms with Crippen molar-refractivity contribution in [3.63, 3.8) is 0 Å². The van der Waals surface area contributed by atoms with Gasteiger partial charge in [-0.25, -0.2) is 9.97 Å². The van der Waals surface area contributed by atoms with Crippen LogP contribution in [-0.2, 0) is 0 Å². The van der Waals surface area contributed by atoms with E-state index < -0.39 is 0 Å². The normalized spacial score (nSPS) is 13.2. The van der Waals surface area contributed by atoms with Crippen molar-refractivity contribution in [2.24, 2.45) is 0 Å². The van der Waals surface area contributed by atoms with Gasteiger partial charge in [0.25, 0.3) is 0 Å². The SMILES string of the molecule is CC1N(c2ccccc2)c2nc(-c3cccnc3)c(-c3cccnc3)nc2N1c1ccccc1. The summed E-state index contributed by atoms with van der Waals surface area (Å²) in [5.74, 6) is 1.63. The number of hydrogen-bond acceptors (Lipinski definition) is 6. The molecule has 6 rings (SSSR count). The van der Waals surface area contributed by atoms with Crippen molar-refractivity contribution in [2.45, 2.75) is 13.1 Å². The lowest BCUT2D eigenvalue weighted by molar-refractivity contribution is 0.754. The first-order valence-electron chi connectivity index (χ1n) is 11.2. The molecule has 5 aromatic rings. The fourth-order valence-corrected chi connectivity index (χ4v) is 4.47. The summed E-state index contributed by atoms with van der Waals surface area (Å²) in [5.41, 5.74) is 5.52. The standard InChI is InChI=1S/C28H22N6/c1-20-33(23-12-4-2-5-13-23)27-28(34(20)24-14-6-3-7-15-24)32-26(22-11-9-17-30-19-22)25(31-27)21-10-8-16-29-18-21/h2-20H,1H3. The van der Waals surface area contributed by atoms with Crippen LogP contribution >= 0.6 is 0 Å². The van der Waals surface area contributed by atoms with Gasteiger partial charge in [0, 0.05) is 47.3 Å². The number of anilines is 4. The Balaban J connectivity index is 1.64. The zero-order valence-corrected chi connectivity index (χ0v) is 18.7. The molecule has 0 atom stereocenters. The van der Waals surface area contributed by atoms with Gasteiger partial charge in [0.2, 0.25) is 0 Å². The van der Waals surface area contributed by atoms with E-state index in [9.17, 15) is 0 Å². The Morgan fingerprint density at radius 1 is 0.559 bits per heavy atom. The van der Waals surface area contributed by atoms with Crippen LogP contribution in [0.5, 0.6) is 0 Å². The summed E-state index contributed by atoms with van der Waals surface area (Å²) in [7, 11) is 0. The molecule has 2 aromatic carbocycles. The Morgan fingerprint density at radius 3 is 1.38 bits per heavy atom. The Bertz CT molecular complexity index is 1300. The number of pyridine rings is 2. The van der Waals surface area contributed by atoms with Crippen LogP contribution in [0.1, 0.15) is 6.92 Å². The highest BCUT2D eigenvalue weighted by atomic mass is 15.5. The summed E-state index contributed by atoms with van der Waals surface area (Å²) < 4.78 is 0. The van der Waals surface area contributed by atoms with E-state index >= 15 is 0 Å². The molecule has 6 nitrogen and oxygen atoms in total. The van der Waals surface area contributed by atoms with Crippen molar-refractivity contribution in [3.05, 3.63) is 110 Å². The molecule has 0 radical (unpaired) electrons. The van der Waals surface area contributed by atoms with Crippen LogP contribution in [0.25, 0.3) is 22.5 Å². The Hall–Kier alpha value is -4.58. The van der Waals surface area contributed by atoms with Crippen molar-refractivity contribution in [1.82, 2.24) is 19.9 Å². The maximum atomic E-state index is 5.24. The van der Waals surface area contributed by atoms with Crippen LogP contribution in [0, 0.1) is 0 Å². The molecule has 0 aliphatic carbocycles. The van der Waals surface area contributed by atoms with Gasteiger partial charge in [-0.15, -0.1) is 0 Å². The molecule has 1 aliphatic rings. The second kappa shape index (κ2) is 8.41. The summed E-state index contributed by atoms with van der Waals surface area (Å²) in [6.07, 6.45) is 7.17. The quantitative estimate of drug-likeness (QED) is 0.329. The van der Waals surface area contributed by atoms with E-state index in [-0.39, 0.29) is 6.17 Å². The molecule has 0 N–H and O–H groups in total. The minimum atomic E-state index is -0.0225. The maximum Gasteiger partial charge on any atom is 0.179 e. The van der Waals surface area contributed by atoms with Crippen LogP contribution in [0.3, 0.4) is 0 Å². The molecule has 4 heterocycles. The average Bonchev–Trinajstić information content (AvgIpc) is 3.20. The molecule has 164 valence electrons. The topological polar surface area (TPSA) is 58.0 Å². The summed E-state index contributed by atoms with van der Waals surface area (Å²) in [5, 5.41) is 0. The number of aromatic nitrogens is 4. The molecule has 0 saturated heterocycles. The molecule has 0 bridgehead atoms. The third kappa shape index (κ3) is 3.36. The van der Waals surface area contributed by atoms with Crippen LogP contribution in [-0.4, -0.2) is 26.1 Å². The molecule has 0 saturated carbocycles. The highest BCUT2D eigenvalue weighted by molar-refractivity contribution is 5.88. The lowest BCUT2D eigenvalue weighted by Gasteiger charge is -2.29. The Kier molecular flexibility index (Phi) is 4.96. The Labute approximate surface area is 198 Å². The van der Waals surface area contributed by atoms with Crippen molar-refractivity contribution < 1.29 is 0 Å². The number of benzene rings is 2. The highest BCUT2D eigenvalue weighted by Crippen LogP contribution is 2.47. The lowest BCUT2D eigenvalue weighted by atomic mass is 10.1. The number of nitrogens with zero attached hydrogens (tertiary/aromatic N) is 6. The van der Waals surface area contributed by atoms with Crippen LogP contribution in [0.2, 0.25) is 0 Å². The first-order chi connectivity index (χ1) is 16.8. The van der Waals surface area contributed by atoms with Gasteiger partial charge in [-0.05, 0) is 55.5 Å². The maximum absolute atomic E-state index is 5.24. The average molecular weight is 443 g/mol. The molecule has 0 amide bonds. The van der Waals surface area contributed by atoms with E-state index in [2.05, 4.69) is 51.0 Å². The van der Waals surface area contributed by atoms with E-state index in [1.54, 1.807) is 12.4 Å². The summed E-state index contributed by atoms with van der Waals surface area (Å²) in [4.78, 5) is 23.6. The van der Waals surface area contributed by atoms with E-state index in [0.29, 0.717) is 0 Å². The molecule has 0 unspecified atom stereocenters. The van der Waals surface area contributed by atoms with Gasteiger partial charge in [-0.3, -0.25) is 9.97 Å². The van der Waals surface area contributed by atoms with Gasteiger partial charge >= 0.3 is 0 Å². The summed E-state index contributed by atoms with van der Waals surface area (Å²) in [6.45, 7) is 2.18. The zero-order chi connectivity index (χ0) is 22.9. The second-order valence-corrected chi connectivity index (χ2v) is 8.09. The van der Waals surface area contributed by atoms with Gasteiger partial charge in [0.1, 0.15) is 17.6 Å². The number of para-hydroxylation sites is 2. The fraction of sp³-hybridized carbons (Fsp3) is 0.0714. The smallest absolute Gasteiger partial charge is 0.179 e.